The summed E-state index contributed by atoms with van der Waals surface area (Å²) in [5.41, 5.74) is 3.82. The molecule has 33 heavy (non-hydrogen) atoms. The number of aromatic nitrogens is 2. The van der Waals surface area contributed by atoms with Crippen LogP contribution in [0.15, 0.2) is 84.9 Å². The average molecular weight is 457 g/mol. The van der Waals surface area contributed by atoms with Gasteiger partial charge in [0.05, 0.1) is 11.4 Å². The highest BCUT2D eigenvalue weighted by Gasteiger charge is 2.41. The van der Waals surface area contributed by atoms with Gasteiger partial charge >= 0.3 is 0 Å². The van der Waals surface area contributed by atoms with Crippen LogP contribution >= 0.6 is 11.6 Å². The summed E-state index contributed by atoms with van der Waals surface area (Å²) in [6, 6.07) is 25.0. The van der Waals surface area contributed by atoms with Crippen LogP contribution in [0.2, 0.25) is 5.02 Å². The van der Waals surface area contributed by atoms with Gasteiger partial charge in [0.25, 0.3) is 5.91 Å². The van der Waals surface area contributed by atoms with E-state index in [1.165, 1.54) is 0 Å². The van der Waals surface area contributed by atoms with Crippen molar-refractivity contribution in [3.8, 4) is 5.69 Å². The molecule has 0 aliphatic carbocycles. The van der Waals surface area contributed by atoms with E-state index < -0.39 is 12.0 Å². The van der Waals surface area contributed by atoms with E-state index >= 15 is 0 Å². The second-order valence-corrected chi connectivity index (χ2v) is 8.37. The molecular weight excluding hydrogens is 436 g/mol. The van der Waals surface area contributed by atoms with E-state index in [1.54, 1.807) is 41.1 Å². The van der Waals surface area contributed by atoms with Crippen molar-refractivity contribution in [3.63, 3.8) is 0 Å². The number of nitrogens with zero attached hydrogens (tertiary/aromatic N) is 2. The maximum absolute atomic E-state index is 13.4. The first kappa shape index (κ1) is 21.0. The normalized spacial score (nSPS) is 17.2. The van der Waals surface area contributed by atoms with Crippen LogP contribution in [0.1, 0.15) is 33.1 Å². The van der Waals surface area contributed by atoms with Gasteiger partial charge in [-0.3, -0.25) is 9.59 Å². The molecule has 2 N–H and O–H groups in total. The van der Waals surface area contributed by atoms with Gasteiger partial charge in [-0.25, -0.2) is 4.68 Å². The lowest BCUT2D eigenvalue weighted by Gasteiger charge is -2.33. The fourth-order valence-electron chi connectivity index (χ4n) is 4.29. The number of halogens is 1. The molecule has 0 spiro atoms. The molecule has 1 aliphatic heterocycles. The van der Waals surface area contributed by atoms with E-state index in [9.17, 15) is 9.59 Å². The van der Waals surface area contributed by atoms with E-state index in [0.29, 0.717) is 16.4 Å². The van der Waals surface area contributed by atoms with Crippen molar-refractivity contribution in [1.29, 1.82) is 0 Å². The second kappa shape index (κ2) is 8.56. The van der Waals surface area contributed by atoms with Crippen molar-refractivity contribution in [1.82, 2.24) is 15.1 Å². The Morgan fingerprint density at radius 3 is 2.27 bits per heavy atom. The molecule has 0 bridgehead atoms. The average Bonchev–Trinajstić information content (AvgIpc) is 3.17. The predicted molar refractivity (Wildman–Crippen MR) is 128 cm³/mol. The number of fused-ring (bicyclic) bond motifs is 1. The molecule has 0 saturated heterocycles. The molecule has 0 radical (unpaired) electrons. The van der Waals surface area contributed by atoms with Gasteiger partial charge in [0.1, 0.15) is 11.9 Å². The molecule has 1 aliphatic rings. The largest absolute Gasteiger partial charge is 0.339 e. The molecular formula is C26H21ClN4O2. The van der Waals surface area contributed by atoms with Crippen molar-refractivity contribution in [2.75, 3.05) is 5.32 Å². The number of anilines is 1. The molecule has 1 aromatic heterocycles. The van der Waals surface area contributed by atoms with Gasteiger partial charge in [0.15, 0.2) is 0 Å². The summed E-state index contributed by atoms with van der Waals surface area (Å²) < 4.78 is 1.74. The summed E-state index contributed by atoms with van der Waals surface area (Å²) >= 11 is 6.13. The predicted octanol–water partition coefficient (Wildman–Crippen LogP) is 4.72. The maximum Gasteiger partial charge on any atom is 0.251 e. The minimum Gasteiger partial charge on any atom is -0.339 e. The van der Waals surface area contributed by atoms with Crippen molar-refractivity contribution in [2.24, 2.45) is 0 Å². The van der Waals surface area contributed by atoms with Crippen LogP contribution in [0.3, 0.4) is 0 Å². The first-order valence-electron chi connectivity index (χ1n) is 10.6. The third-order valence-corrected chi connectivity index (χ3v) is 6.08. The lowest BCUT2D eigenvalue weighted by molar-refractivity contribution is -0.118. The molecule has 7 heteroatoms. The zero-order chi connectivity index (χ0) is 22.9. The molecule has 4 aromatic rings. The summed E-state index contributed by atoms with van der Waals surface area (Å²) in [5.74, 6) is -0.444. The fourth-order valence-corrected chi connectivity index (χ4v) is 4.42. The molecule has 2 heterocycles. The second-order valence-electron chi connectivity index (χ2n) is 7.93. The Kier molecular flexibility index (Phi) is 5.44. The van der Waals surface area contributed by atoms with Crippen molar-refractivity contribution in [3.05, 3.63) is 112 Å². The first-order valence-corrected chi connectivity index (χ1v) is 11.0. The van der Waals surface area contributed by atoms with E-state index in [0.717, 1.165) is 22.5 Å². The number of nitrogens with one attached hydrogen (secondary N) is 2. The van der Waals surface area contributed by atoms with Crippen LogP contribution in [-0.2, 0) is 4.79 Å². The van der Waals surface area contributed by atoms with E-state index in [4.69, 9.17) is 16.7 Å². The quantitative estimate of drug-likeness (QED) is 0.466. The number of aryl methyl sites for hydroxylation is 1. The summed E-state index contributed by atoms with van der Waals surface area (Å²) in [6.07, 6.45) is 0. The number of benzene rings is 3. The Morgan fingerprint density at radius 2 is 1.61 bits per heavy atom. The molecule has 2 atom stereocenters. The van der Waals surface area contributed by atoms with Gasteiger partial charge in [-0.15, -0.1) is 0 Å². The van der Waals surface area contributed by atoms with Gasteiger partial charge in [-0.05, 0) is 48.9 Å². The van der Waals surface area contributed by atoms with Crippen molar-refractivity contribution >= 4 is 29.2 Å². The van der Waals surface area contributed by atoms with Gasteiger partial charge < -0.3 is 10.6 Å². The highest BCUT2D eigenvalue weighted by atomic mass is 35.5. The lowest BCUT2D eigenvalue weighted by atomic mass is 9.82. The van der Waals surface area contributed by atoms with Gasteiger partial charge in [-0.1, -0.05) is 60.1 Å². The van der Waals surface area contributed by atoms with Crippen LogP contribution in [0.4, 0.5) is 5.82 Å². The molecule has 2 unspecified atom stereocenters. The molecule has 0 fully saturated rings. The number of carbonyl (C=O) groups is 2. The molecule has 6 nitrogen and oxygen atoms in total. The zero-order valence-electron chi connectivity index (χ0n) is 17.8. The van der Waals surface area contributed by atoms with E-state index in [1.807, 2.05) is 55.5 Å². The molecule has 2 amide bonds. The van der Waals surface area contributed by atoms with Crippen molar-refractivity contribution in [2.45, 2.75) is 18.9 Å². The Bertz CT molecular complexity index is 1320. The van der Waals surface area contributed by atoms with E-state index in [2.05, 4.69) is 10.6 Å². The van der Waals surface area contributed by atoms with Crippen LogP contribution in [0.5, 0.6) is 0 Å². The smallest absolute Gasteiger partial charge is 0.251 e. The number of hydrogen-bond acceptors (Lipinski definition) is 3. The fraction of sp³-hybridized carbons (Fsp3) is 0.115. The summed E-state index contributed by atoms with van der Waals surface area (Å²) in [7, 11) is 0. The third-order valence-electron chi connectivity index (χ3n) is 5.83. The maximum atomic E-state index is 13.4. The minimum atomic E-state index is -0.821. The number of rotatable bonds is 4. The number of hydrogen-bond donors (Lipinski definition) is 2. The van der Waals surface area contributed by atoms with Gasteiger partial charge in [0.2, 0.25) is 5.91 Å². The van der Waals surface area contributed by atoms with E-state index in [-0.39, 0.29) is 11.8 Å². The molecule has 5 rings (SSSR count). The zero-order valence-corrected chi connectivity index (χ0v) is 18.6. The topological polar surface area (TPSA) is 76.0 Å². The highest BCUT2D eigenvalue weighted by molar-refractivity contribution is 6.30. The highest BCUT2D eigenvalue weighted by Crippen LogP contribution is 2.40. The van der Waals surface area contributed by atoms with Crippen LogP contribution < -0.4 is 10.6 Å². The van der Waals surface area contributed by atoms with Crippen LogP contribution in [0, 0.1) is 6.92 Å². The summed E-state index contributed by atoms with van der Waals surface area (Å²) in [5, 5.41) is 11.3. The summed E-state index contributed by atoms with van der Waals surface area (Å²) in [6.45, 7) is 1.91. The van der Waals surface area contributed by atoms with Crippen LogP contribution in [0.25, 0.3) is 5.69 Å². The van der Waals surface area contributed by atoms with Gasteiger partial charge in [0, 0.05) is 22.1 Å². The van der Waals surface area contributed by atoms with Gasteiger partial charge in [-0.2, -0.15) is 5.10 Å². The number of amides is 2. The Balaban J connectivity index is 1.63. The monoisotopic (exact) mass is 456 g/mol. The Labute approximate surface area is 196 Å². The number of para-hydroxylation sites is 1. The number of carbonyl (C=O) groups excluding carboxylic acids is 2. The molecule has 164 valence electrons. The first-order chi connectivity index (χ1) is 16.0. The standard InChI is InChI=1S/C26H21ClN4O2/c1-16-21-22(17-12-14-19(27)15-13-17)23(28-25(32)18-8-4-2-5-9-18)26(33)29-24(21)31(30-16)20-10-6-3-7-11-20/h2-15,22-23H,1H3,(H,28,32)(H,29,33). The van der Waals surface area contributed by atoms with Crippen LogP contribution in [-0.4, -0.2) is 27.6 Å². The minimum absolute atomic E-state index is 0.302. The molecule has 3 aromatic carbocycles. The SMILES string of the molecule is Cc1nn(-c2ccccc2)c2c1C(c1ccc(Cl)cc1)C(NC(=O)c1ccccc1)C(=O)N2. The Morgan fingerprint density at radius 1 is 0.970 bits per heavy atom. The summed E-state index contributed by atoms with van der Waals surface area (Å²) in [4.78, 5) is 26.4. The molecule has 0 saturated carbocycles. The third kappa shape index (κ3) is 3.90. The Hall–Kier alpha value is -3.90. The van der Waals surface area contributed by atoms with Crippen molar-refractivity contribution < 1.29 is 9.59 Å². The lowest BCUT2D eigenvalue weighted by Crippen LogP contribution is -2.50.